The Kier molecular flexibility index (Phi) is 4.28. The van der Waals surface area contributed by atoms with Crippen LogP contribution in [-0.4, -0.2) is 29.1 Å². The topological polar surface area (TPSA) is 105 Å². The molecule has 1 N–H and O–H groups in total. The second-order valence-electron chi connectivity index (χ2n) is 6.55. The van der Waals surface area contributed by atoms with E-state index in [1.807, 2.05) is 0 Å². The summed E-state index contributed by atoms with van der Waals surface area (Å²) >= 11 is 12.5. The minimum atomic E-state index is -0.346. The third-order valence-electron chi connectivity index (χ3n) is 4.77. The van der Waals surface area contributed by atoms with Crippen LogP contribution in [0.5, 0.6) is 0 Å². The highest BCUT2D eigenvalue weighted by atomic mass is 35.5. The smallest absolute Gasteiger partial charge is 0.303 e. The minimum absolute atomic E-state index is 0.157. The molecule has 0 spiro atoms. The van der Waals surface area contributed by atoms with E-state index in [4.69, 9.17) is 28.5 Å². The van der Waals surface area contributed by atoms with E-state index < -0.39 is 0 Å². The number of halogens is 2. The van der Waals surface area contributed by atoms with Crippen molar-refractivity contribution in [2.45, 2.75) is 6.54 Å². The van der Waals surface area contributed by atoms with Crippen LogP contribution in [0.15, 0.2) is 53.7 Å². The second kappa shape index (κ2) is 6.99. The number of aromatic amines is 1. The van der Waals surface area contributed by atoms with Crippen LogP contribution in [0.1, 0.15) is 11.1 Å². The molecule has 146 valence electrons. The zero-order valence-corrected chi connectivity index (χ0v) is 16.7. The van der Waals surface area contributed by atoms with E-state index in [1.165, 1.54) is 4.57 Å². The zero-order chi connectivity index (χ0) is 20.8. The van der Waals surface area contributed by atoms with Crippen LogP contribution < -0.4 is 5.69 Å². The molecule has 0 aliphatic heterocycles. The predicted molar refractivity (Wildman–Crippen MR) is 113 cm³/mol. The van der Waals surface area contributed by atoms with E-state index in [9.17, 15) is 4.79 Å². The molecule has 3 aromatic heterocycles. The summed E-state index contributed by atoms with van der Waals surface area (Å²) in [5, 5.41) is 10.00. The van der Waals surface area contributed by atoms with Crippen molar-refractivity contribution < 1.29 is 0 Å². The number of hydrogen-bond donors (Lipinski definition) is 1. The molecule has 2 aromatic carbocycles. The Labute approximate surface area is 179 Å². The molecule has 0 radical (unpaired) electrons. The van der Waals surface area contributed by atoms with Crippen LogP contribution >= 0.6 is 23.2 Å². The molecule has 30 heavy (non-hydrogen) atoms. The number of aromatic nitrogens is 6. The van der Waals surface area contributed by atoms with Gasteiger partial charge in [-0.15, -0.1) is 0 Å². The van der Waals surface area contributed by atoms with Crippen molar-refractivity contribution in [3.63, 3.8) is 0 Å². The molecular weight excluding hydrogens is 425 g/mol. The maximum atomic E-state index is 12.6. The first-order chi connectivity index (χ1) is 14.5. The Bertz CT molecular complexity index is 1520. The van der Waals surface area contributed by atoms with Crippen molar-refractivity contribution in [1.29, 1.82) is 5.26 Å². The van der Waals surface area contributed by atoms with Crippen molar-refractivity contribution in [1.82, 2.24) is 29.1 Å². The fourth-order valence-electron chi connectivity index (χ4n) is 3.28. The number of nitrogens with zero attached hydrogens (tertiary/aromatic N) is 6. The molecule has 3 heterocycles. The third kappa shape index (κ3) is 2.92. The Morgan fingerprint density at radius 3 is 2.70 bits per heavy atom. The number of nitriles is 1. The average Bonchev–Trinajstić information content (AvgIpc) is 3.30. The Balaban J connectivity index is 1.66. The molecule has 0 saturated heterocycles. The van der Waals surface area contributed by atoms with Gasteiger partial charge in [-0.1, -0.05) is 29.3 Å². The number of nitrogens with one attached hydrogen (secondary N) is 1. The van der Waals surface area contributed by atoms with Crippen LogP contribution in [0.25, 0.3) is 28.1 Å². The molecule has 0 amide bonds. The molecule has 0 fully saturated rings. The maximum absolute atomic E-state index is 12.6. The fraction of sp³-hybridized carbons (Fsp3) is 0.0500. The predicted octanol–water partition coefficient (Wildman–Crippen LogP) is 3.69. The van der Waals surface area contributed by atoms with E-state index in [0.29, 0.717) is 43.8 Å². The molecule has 0 bridgehead atoms. The number of hydrogen-bond acceptors (Lipinski definition) is 5. The van der Waals surface area contributed by atoms with Gasteiger partial charge in [0.15, 0.2) is 5.65 Å². The lowest BCUT2D eigenvalue weighted by molar-refractivity contribution is 0.775. The molecule has 5 rings (SSSR count). The summed E-state index contributed by atoms with van der Waals surface area (Å²) < 4.78 is 3.15. The molecular formula is C20H11Cl2N7O. The summed E-state index contributed by atoms with van der Waals surface area (Å²) in [5.74, 6) is 0.340. The molecule has 0 unspecified atom stereocenters. The largest absolute Gasteiger partial charge is 0.328 e. The van der Waals surface area contributed by atoms with Gasteiger partial charge >= 0.3 is 5.69 Å². The number of fused-ring (bicyclic) bond motifs is 2. The van der Waals surface area contributed by atoms with Crippen molar-refractivity contribution in [3.05, 3.63) is 80.6 Å². The first kappa shape index (κ1) is 18.4. The lowest BCUT2D eigenvalue weighted by Crippen LogP contribution is -2.18. The fourth-order valence-corrected chi connectivity index (χ4v) is 3.80. The van der Waals surface area contributed by atoms with E-state index in [2.05, 4.69) is 26.0 Å². The molecule has 0 saturated carbocycles. The van der Waals surface area contributed by atoms with Gasteiger partial charge in [0.1, 0.15) is 11.8 Å². The molecule has 0 aliphatic carbocycles. The zero-order valence-electron chi connectivity index (χ0n) is 15.2. The van der Waals surface area contributed by atoms with Gasteiger partial charge in [-0.3, -0.25) is 9.13 Å². The van der Waals surface area contributed by atoms with Gasteiger partial charge in [0.2, 0.25) is 5.95 Å². The lowest BCUT2D eigenvalue weighted by Gasteiger charge is -2.08. The highest BCUT2D eigenvalue weighted by Gasteiger charge is 2.15. The Morgan fingerprint density at radius 2 is 1.93 bits per heavy atom. The summed E-state index contributed by atoms with van der Waals surface area (Å²) in [5.41, 5.74) is 3.08. The van der Waals surface area contributed by atoms with Crippen LogP contribution in [0.4, 0.5) is 0 Å². The van der Waals surface area contributed by atoms with E-state index in [-0.39, 0.29) is 12.2 Å². The van der Waals surface area contributed by atoms with Crippen molar-refractivity contribution in [2.24, 2.45) is 0 Å². The van der Waals surface area contributed by atoms with Crippen molar-refractivity contribution in [2.75, 3.05) is 0 Å². The summed E-state index contributed by atoms with van der Waals surface area (Å²) in [6, 6.07) is 12.4. The summed E-state index contributed by atoms with van der Waals surface area (Å²) in [7, 11) is 0. The third-order valence-corrected chi connectivity index (χ3v) is 5.48. The van der Waals surface area contributed by atoms with Crippen molar-refractivity contribution in [3.8, 4) is 12.0 Å². The molecule has 5 aromatic rings. The SMILES string of the molecule is N#Cc1ccc2c(c1)ncn2-c1ncc2[nH]c(=O)n(Cc3c(Cl)cccc3Cl)c2n1. The van der Waals surface area contributed by atoms with Gasteiger partial charge in [-0.05, 0) is 30.3 Å². The van der Waals surface area contributed by atoms with Crippen molar-refractivity contribution >= 4 is 45.4 Å². The number of H-pyrrole nitrogens is 1. The number of imidazole rings is 2. The standard InChI is InChI=1S/C20H11Cl2N7O/c21-13-2-1-3-14(22)12(13)9-28-18-16(26-20(28)30)8-24-19(27-18)29-10-25-15-6-11(7-23)4-5-17(15)29/h1-6,8,10H,9H2,(H,26,30). The highest BCUT2D eigenvalue weighted by molar-refractivity contribution is 6.36. The Morgan fingerprint density at radius 1 is 1.13 bits per heavy atom. The van der Waals surface area contributed by atoms with Gasteiger partial charge in [0.05, 0.1) is 35.4 Å². The van der Waals surface area contributed by atoms with Gasteiger partial charge < -0.3 is 4.98 Å². The second-order valence-corrected chi connectivity index (χ2v) is 7.37. The molecule has 8 nitrogen and oxygen atoms in total. The van der Waals surface area contributed by atoms with Crippen LogP contribution in [0.3, 0.4) is 0 Å². The van der Waals surface area contributed by atoms with E-state index in [0.717, 1.165) is 5.52 Å². The van der Waals surface area contributed by atoms with Crippen LogP contribution in [-0.2, 0) is 6.54 Å². The summed E-state index contributed by atoms with van der Waals surface area (Å²) in [6.45, 7) is 0.157. The quantitative estimate of drug-likeness (QED) is 0.465. The first-order valence-electron chi connectivity index (χ1n) is 8.81. The maximum Gasteiger partial charge on any atom is 0.328 e. The van der Waals surface area contributed by atoms with E-state index >= 15 is 0 Å². The molecule has 0 aliphatic rings. The summed E-state index contributed by atoms with van der Waals surface area (Å²) in [4.78, 5) is 28.5. The highest BCUT2D eigenvalue weighted by Crippen LogP contribution is 2.26. The van der Waals surface area contributed by atoms with E-state index in [1.54, 1.807) is 53.5 Å². The summed E-state index contributed by atoms with van der Waals surface area (Å²) in [6.07, 6.45) is 3.12. The number of rotatable bonds is 3. The number of benzene rings is 2. The van der Waals surface area contributed by atoms with Crippen LogP contribution in [0, 0.1) is 11.3 Å². The van der Waals surface area contributed by atoms with Gasteiger partial charge in [0, 0.05) is 15.6 Å². The molecule has 0 atom stereocenters. The Hall–Kier alpha value is -3.67. The first-order valence-corrected chi connectivity index (χ1v) is 9.57. The average molecular weight is 436 g/mol. The monoisotopic (exact) mass is 435 g/mol. The minimum Gasteiger partial charge on any atom is -0.303 e. The normalized spacial score (nSPS) is 11.2. The van der Waals surface area contributed by atoms with Gasteiger partial charge in [0.25, 0.3) is 0 Å². The molecule has 10 heteroatoms. The van der Waals surface area contributed by atoms with Gasteiger partial charge in [-0.2, -0.15) is 10.2 Å². The van der Waals surface area contributed by atoms with Crippen LogP contribution in [0.2, 0.25) is 10.0 Å². The lowest BCUT2D eigenvalue weighted by atomic mass is 10.2. The van der Waals surface area contributed by atoms with Gasteiger partial charge in [-0.25, -0.2) is 14.8 Å².